The van der Waals surface area contributed by atoms with E-state index in [0.717, 1.165) is 56.5 Å². The van der Waals surface area contributed by atoms with Crippen LogP contribution in [0.2, 0.25) is 5.02 Å². The van der Waals surface area contributed by atoms with Crippen molar-refractivity contribution < 1.29 is 48.9 Å². The molecule has 396 valence electrons. The number of halogens is 4. The molecule has 22 heteroatoms. The lowest BCUT2D eigenvalue weighted by Crippen LogP contribution is -2.46. The molecule has 8 rings (SSSR count). The summed E-state index contributed by atoms with van der Waals surface area (Å²) in [6, 6.07) is 36.8. The van der Waals surface area contributed by atoms with Gasteiger partial charge >= 0.3 is 13.3 Å². The molecule has 1 atom stereocenters. The van der Waals surface area contributed by atoms with E-state index < -0.39 is 60.8 Å². The second kappa shape index (κ2) is 23.1. The molecular formula is C52H59ClF3N6O8PS3. The molecule has 2 aliphatic rings. The van der Waals surface area contributed by atoms with Crippen LogP contribution in [0.4, 0.5) is 35.9 Å². The van der Waals surface area contributed by atoms with E-state index in [1.165, 1.54) is 11.8 Å². The molecule has 14 nitrogen and oxygen atoms in total. The largest absolute Gasteiger partial charge is 0.501 e. The average molecular weight is 1120 g/mol. The summed E-state index contributed by atoms with van der Waals surface area (Å²) in [5.74, 6) is 0.301. The summed E-state index contributed by atoms with van der Waals surface area (Å²) in [5.41, 5.74) is 1.49. The van der Waals surface area contributed by atoms with Gasteiger partial charge in [-0.25, -0.2) is 21.4 Å². The zero-order valence-electron chi connectivity index (χ0n) is 41.0. The minimum absolute atomic E-state index is 0.126. The Morgan fingerprint density at radius 1 is 0.784 bits per heavy atom. The lowest BCUT2D eigenvalue weighted by Gasteiger charge is -2.37. The molecule has 3 heterocycles. The smallest absolute Gasteiger partial charge is 0.380 e. The number of piperidine rings is 1. The summed E-state index contributed by atoms with van der Waals surface area (Å²) >= 11 is 7.67. The normalized spacial score (nSPS) is 15.9. The van der Waals surface area contributed by atoms with Crippen molar-refractivity contribution in [2.45, 2.75) is 78.4 Å². The predicted octanol–water partition coefficient (Wildman–Crippen LogP) is 11.3. The molecular weight excluding hydrogens is 1060 g/mol. The second-order valence-corrected chi connectivity index (χ2v) is 25.0. The number of likely N-dealkylation sites (tertiary alicyclic amines) is 1. The maximum atomic E-state index is 14.3. The molecule has 2 saturated heterocycles. The second-order valence-electron chi connectivity index (χ2n) is 18.7. The van der Waals surface area contributed by atoms with Crippen molar-refractivity contribution in [2.75, 3.05) is 71.4 Å². The fourth-order valence-corrected chi connectivity index (χ4v) is 13.4. The molecule has 0 saturated carbocycles. The highest BCUT2D eigenvalue weighted by Crippen LogP contribution is 2.42. The van der Waals surface area contributed by atoms with Gasteiger partial charge < -0.3 is 34.4 Å². The Kier molecular flexibility index (Phi) is 17.2. The van der Waals surface area contributed by atoms with E-state index in [9.17, 15) is 44.4 Å². The van der Waals surface area contributed by atoms with E-state index in [2.05, 4.69) is 75.5 Å². The van der Waals surface area contributed by atoms with Crippen LogP contribution in [0.3, 0.4) is 0 Å². The standard InChI is InChI=1S/C52H59ClF3N6O8PS3/c1-36(2)62-37(3)32-48(51(62)38-12-14-40(53)15-13-38)39-8-7-9-44(33-39)61-30-28-60(29-31-61)43-18-16-41(17-19-43)58-74(68,69)47-20-21-49(50(34-47)73(66,67)52(54,55)56)57-42(35-72-46-10-5-4-6-11-46)22-25-59-26-23-45(24-27-59)70-71(63,64)65/h4-21,32-34,36,42,45,57-58H,22-31,35H2,1-3H3,(H2,63,64,65)/t42-/m1/s1. The van der Waals surface area contributed by atoms with Crippen molar-refractivity contribution in [2.24, 2.45) is 0 Å². The van der Waals surface area contributed by atoms with Crippen LogP contribution in [0, 0.1) is 6.92 Å². The van der Waals surface area contributed by atoms with Gasteiger partial charge in [0.1, 0.15) is 4.90 Å². The average Bonchev–Trinajstić information content (AvgIpc) is 3.72. The summed E-state index contributed by atoms with van der Waals surface area (Å²) in [6.07, 6.45) is 0.397. The molecule has 0 radical (unpaired) electrons. The van der Waals surface area contributed by atoms with E-state index in [1.54, 1.807) is 24.3 Å². The van der Waals surface area contributed by atoms with Crippen LogP contribution in [0.5, 0.6) is 0 Å². The van der Waals surface area contributed by atoms with E-state index in [1.807, 2.05) is 59.5 Å². The molecule has 0 bridgehead atoms. The van der Waals surface area contributed by atoms with Crippen molar-refractivity contribution >= 4 is 73.8 Å². The Bertz CT molecular complexity index is 3170. The van der Waals surface area contributed by atoms with Gasteiger partial charge in [-0.2, -0.15) is 13.2 Å². The van der Waals surface area contributed by atoms with Crippen LogP contribution in [-0.4, -0.2) is 105 Å². The van der Waals surface area contributed by atoms with Crippen LogP contribution >= 0.6 is 31.2 Å². The molecule has 0 aliphatic carbocycles. The van der Waals surface area contributed by atoms with E-state index in [-0.39, 0.29) is 11.7 Å². The number of hydrogen-bond acceptors (Lipinski definition) is 11. The van der Waals surface area contributed by atoms with E-state index in [0.29, 0.717) is 81.9 Å². The molecule has 1 aromatic heterocycles. The third-order valence-electron chi connectivity index (χ3n) is 13.2. The molecule has 5 aromatic carbocycles. The van der Waals surface area contributed by atoms with Gasteiger partial charge in [-0.1, -0.05) is 54.1 Å². The Hall–Kier alpha value is -5.02. The summed E-state index contributed by atoms with van der Waals surface area (Å²) in [4.78, 5) is 23.9. The number of rotatable bonds is 19. The number of hydrogen-bond donors (Lipinski definition) is 4. The fraction of sp³-hybridized carbons (Fsp3) is 0.346. The summed E-state index contributed by atoms with van der Waals surface area (Å²) in [6.45, 7) is 10.5. The number of aromatic nitrogens is 1. The van der Waals surface area contributed by atoms with Crippen molar-refractivity contribution in [1.82, 2.24) is 9.47 Å². The van der Waals surface area contributed by atoms with Gasteiger partial charge in [0, 0.05) is 102 Å². The SMILES string of the molecule is Cc1cc(-c2cccc(N3CCN(c4ccc(NS(=O)(=O)c5ccc(N[C@H](CCN6CCC(OP(=O)(O)O)CC6)CSc6ccccc6)c(S(=O)(=O)C(F)(F)F)c5)cc4)CC3)c2)c(-c2ccc(Cl)cc2)n1C(C)C. The van der Waals surface area contributed by atoms with Crippen LogP contribution in [0.1, 0.15) is 44.8 Å². The van der Waals surface area contributed by atoms with Crippen molar-refractivity contribution in [3.05, 3.63) is 138 Å². The number of thioether (sulfide) groups is 1. The third-order valence-corrected chi connectivity index (χ3v) is 18.1. The molecule has 6 aromatic rings. The first kappa shape index (κ1) is 55.2. The minimum atomic E-state index is -6.07. The Morgan fingerprint density at radius 2 is 1.43 bits per heavy atom. The van der Waals surface area contributed by atoms with Gasteiger partial charge in [0.15, 0.2) is 0 Å². The zero-order chi connectivity index (χ0) is 53.0. The van der Waals surface area contributed by atoms with Crippen molar-refractivity contribution in [1.29, 1.82) is 0 Å². The zero-order valence-corrected chi connectivity index (χ0v) is 45.1. The molecule has 4 N–H and O–H groups in total. The number of sulfonamides is 1. The monoisotopic (exact) mass is 1110 g/mol. The molecule has 0 amide bonds. The van der Waals surface area contributed by atoms with Gasteiger partial charge in [0.2, 0.25) is 0 Å². The first-order valence-electron chi connectivity index (χ1n) is 24.1. The Labute approximate surface area is 440 Å². The maximum absolute atomic E-state index is 14.3. The molecule has 0 spiro atoms. The Morgan fingerprint density at radius 3 is 2.05 bits per heavy atom. The molecule has 0 unspecified atom stereocenters. The number of phosphoric ester groups is 1. The number of piperazine rings is 1. The summed E-state index contributed by atoms with van der Waals surface area (Å²) in [5, 5.41) is 3.67. The molecule has 2 aliphatic heterocycles. The number of alkyl halides is 3. The van der Waals surface area contributed by atoms with Gasteiger partial charge in [-0.05, 0) is 136 Å². The van der Waals surface area contributed by atoms with Crippen LogP contribution in [0.25, 0.3) is 22.4 Å². The summed E-state index contributed by atoms with van der Waals surface area (Å²) in [7, 11) is -15.3. The number of nitrogens with zero attached hydrogens (tertiary/aromatic N) is 4. The highest BCUT2D eigenvalue weighted by Gasteiger charge is 2.48. The van der Waals surface area contributed by atoms with Gasteiger partial charge in [-0.15, -0.1) is 11.8 Å². The number of anilines is 4. The lowest BCUT2D eigenvalue weighted by atomic mass is 10.00. The van der Waals surface area contributed by atoms with E-state index >= 15 is 0 Å². The highest BCUT2D eigenvalue weighted by atomic mass is 35.5. The number of nitrogens with one attached hydrogen (secondary N) is 2. The number of aryl methyl sites for hydroxylation is 1. The van der Waals surface area contributed by atoms with Crippen molar-refractivity contribution in [3.63, 3.8) is 0 Å². The van der Waals surface area contributed by atoms with Gasteiger partial charge in [0.25, 0.3) is 19.9 Å². The third kappa shape index (κ3) is 13.5. The Balaban J connectivity index is 0.943. The van der Waals surface area contributed by atoms with Gasteiger partial charge in [-0.3, -0.25) is 9.25 Å². The number of benzene rings is 5. The molecule has 2 fully saturated rings. The van der Waals surface area contributed by atoms with Crippen LogP contribution < -0.4 is 19.8 Å². The fourth-order valence-electron chi connectivity index (χ4n) is 9.53. The molecule has 74 heavy (non-hydrogen) atoms. The first-order chi connectivity index (χ1) is 35.0. The van der Waals surface area contributed by atoms with Crippen LogP contribution in [-0.2, 0) is 28.9 Å². The van der Waals surface area contributed by atoms with Gasteiger partial charge in [0.05, 0.1) is 22.4 Å². The highest BCUT2D eigenvalue weighted by molar-refractivity contribution is 7.99. The summed E-state index contributed by atoms with van der Waals surface area (Å²) < 4.78 is 118. The number of phosphoric acid groups is 1. The number of sulfone groups is 1. The lowest BCUT2D eigenvalue weighted by molar-refractivity contribution is -0.0436. The predicted molar refractivity (Wildman–Crippen MR) is 289 cm³/mol. The first-order valence-corrected chi connectivity index (χ1v) is 30.0. The minimum Gasteiger partial charge on any atom is -0.380 e. The van der Waals surface area contributed by atoms with Crippen LogP contribution in [0.15, 0.2) is 142 Å². The maximum Gasteiger partial charge on any atom is 0.501 e. The topological polar surface area (TPSA) is 174 Å². The van der Waals surface area contributed by atoms with E-state index in [4.69, 9.17) is 16.1 Å². The van der Waals surface area contributed by atoms with Crippen molar-refractivity contribution in [3.8, 4) is 22.4 Å². The quantitative estimate of drug-likeness (QED) is 0.0446.